The fraction of sp³-hybridized carbons (Fsp3) is 0.452. The van der Waals surface area contributed by atoms with Crippen LogP contribution in [0.2, 0.25) is 0 Å². The van der Waals surface area contributed by atoms with E-state index >= 15 is 0 Å². The van der Waals surface area contributed by atoms with Crippen molar-refractivity contribution in [2.45, 2.75) is 51.9 Å². The summed E-state index contributed by atoms with van der Waals surface area (Å²) in [6.45, 7) is 13.1. The van der Waals surface area contributed by atoms with Gasteiger partial charge in [0.15, 0.2) is 0 Å². The van der Waals surface area contributed by atoms with Crippen molar-refractivity contribution in [3.8, 4) is 6.01 Å². The number of rotatable bonds is 6. The molecule has 1 amide bonds. The third-order valence-electron chi connectivity index (χ3n) is 8.63. The Kier molecular flexibility index (Phi) is 6.89. The van der Waals surface area contributed by atoms with Gasteiger partial charge in [-0.25, -0.2) is 0 Å². The van der Waals surface area contributed by atoms with Crippen LogP contribution >= 0.6 is 0 Å². The number of hydrogen-bond donors (Lipinski definition) is 0. The van der Waals surface area contributed by atoms with Gasteiger partial charge >= 0.3 is 6.01 Å². The largest absolute Gasteiger partial charge is 0.462 e. The second kappa shape index (κ2) is 10.5. The highest BCUT2D eigenvalue weighted by atomic mass is 16.5. The molecule has 0 N–H and O–H groups in total. The van der Waals surface area contributed by atoms with E-state index in [-0.39, 0.29) is 11.9 Å². The van der Waals surface area contributed by atoms with Crippen LogP contribution in [0.3, 0.4) is 0 Å². The summed E-state index contributed by atoms with van der Waals surface area (Å²) in [7, 11) is 2.16. The summed E-state index contributed by atoms with van der Waals surface area (Å²) in [4.78, 5) is 31.3. The third-order valence-corrected chi connectivity index (χ3v) is 8.63. The lowest BCUT2D eigenvalue weighted by Gasteiger charge is -2.40. The number of likely N-dealkylation sites (tertiary alicyclic amines) is 1. The molecule has 8 nitrogen and oxygen atoms in total. The van der Waals surface area contributed by atoms with Crippen LogP contribution in [-0.2, 0) is 17.9 Å². The average Bonchev–Trinajstić information content (AvgIpc) is 3.56. The van der Waals surface area contributed by atoms with E-state index < -0.39 is 0 Å². The van der Waals surface area contributed by atoms with E-state index in [2.05, 4.69) is 78.6 Å². The smallest absolute Gasteiger partial charge is 0.318 e. The molecule has 0 unspecified atom stereocenters. The minimum Gasteiger partial charge on any atom is -0.462 e. The standard InChI is InChI=1S/C31H38N6O2/c1-5-28(38)35-15-16-37(22(3)17-35)30-25-18-36(27-13-7-11-23-10-6-9-21(2)29(23)27)19-26(25)32-31(33-30)39-20-24-12-8-14-34(24)4/h5-7,9-11,13,22,24H,1,8,12,14-20H2,2-4H3/t22-,24-/m0/s1. The van der Waals surface area contributed by atoms with E-state index in [1.165, 1.54) is 34.5 Å². The first-order valence-corrected chi connectivity index (χ1v) is 14.1. The quantitative estimate of drug-likeness (QED) is 0.447. The van der Waals surface area contributed by atoms with Crippen molar-refractivity contribution in [1.29, 1.82) is 0 Å². The third kappa shape index (κ3) is 4.82. The topological polar surface area (TPSA) is 65.0 Å². The summed E-state index contributed by atoms with van der Waals surface area (Å²) in [6.07, 6.45) is 3.74. The molecule has 2 atom stereocenters. The first-order chi connectivity index (χ1) is 18.9. The zero-order valence-electron chi connectivity index (χ0n) is 23.3. The van der Waals surface area contributed by atoms with Crippen LogP contribution in [0, 0.1) is 6.92 Å². The van der Waals surface area contributed by atoms with Gasteiger partial charge in [0.2, 0.25) is 5.91 Å². The Balaban J connectivity index is 1.34. The van der Waals surface area contributed by atoms with Gasteiger partial charge in [0, 0.05) is 54.9 Å². The van der Waals surface area contributed by atoms with Gasteiger partial charge in [0.1, 0.15) is 12.4 Å². The number of piperazine rings is 1. The van der Waals surface area contributed by atoms with Gasteiger partial charge < -0.3 is 24.3 Å². The summed E-state index contributed by atoms with van der Waals surface area (Å²) in [6, 6.07) is 14.0. The zero-order valence-corrected chi connectivity index (χ0v) is 23.3. The SMILES string of the molecule is C=CC(=O)N1CCN(c2nc(OC[C@@H]3CCCN3C)nc3c2CN(c2cccc4cccc(C)c24)C3)[C@@H](C)C1. The Morgan fingerprint density at radius 1 is 1.13 bits per heavy atom. The van der Waals surface area contributed by atoms with Crippen LogP contribution in [0.4, 0.5) is 11.5 Å². The number of aromatic nitrogens is 2. The Bertz CT molecular complexity index is 1400. The second-order valence-corrected chi connectivity index (χ2v) is 11.2. The molecule has 2 aromatic carbocycles. The van der Waals surface area contributed by atoms with Crippen LogP contribution < -0.4 is 14.5 Å². The molecule has 2 saturated heterocycles. The molecule has 3 aliphatic rings. The van der Waals surface area contributed by atoms with E-state index in [4.69, 9.17) is 14.7 Å². The van der Waals surface area contributed by atoms with Crippen molar-refractivity contribution < 1.29 is 9.53 Å². The predicted molar refractivity (Wildman–Crippen MR) is 155 cm³/mol. The molecule has 3 aromatic rings. The van der Waals surface area contributed by atoms with Gasteiger partial charge in [-0.05, 0) is 63.4 Å². The molecular formula is C31H38N6O2. The molecule has 0 aliphatic carbocycles. The first kappa shape index (κ1) is 25.6. The minimum atomic E-state index is -0.0170. The van der Waals surface area contributed by atoms with Gasteiger partial charge in [0.25, 0.3) is 0 Å². The molecule has 8 heteroatoms. The Hall–Kier alpha value is -3.65. The van der Waals surface area contributed by atoms with Crippen LogP contribution in [-0.4, -0.2) is 77.6 Å². The predicted octanol–water partition coefficient (Wildman–Crippen LogP) is 4.15. The number of likely N-dealkylation sites (N-methyl/N-ethyl adjacent to an activating group) is 1. The molecule has 204 valence electrons. The van der Waals surface area contributed by atoms with E-state index in [0.717, 1.165) is 36.6 Å². The molecule has 0 spiro atoms. The highest BCUT2D eigenvalue weighted by Gasteiger charge is 2.34. The van der Waals surface area contributed by atoms with Crippen molar-refractivity contribution in [2.75, 3.05) is 49.6 Å². The number of aryl methyl sites for hydroxylation is 1. The molecule has 3 aliphatic heterocycles. The van der Waals surface area contributed by atoms with Crippen molar-refractivity contribution >= 4 is 28.2 Å². The lowest BCUT2D eigenvalue weighted by Crippen LogP contribution is -2.54. The molecule has 0 radical (unpaired) electrons. The van der Waals surface area contributed by atoms with Crippen molar-refractivity contribution in [2.24, 2.45) is 0 Å². The van der Waals surface area contributed by atoms with E-state index in [9.17, 15) is 4.79 Å². The maximum absolute atomic E-state index is 12.3. The summed E-state index contributed by atoms with van der Waals surface area (Å²) in [5.41, 5.74) is 4.67. The molecule has 4 heterocycles. The lowest BCUT2D eigenvalue weighted by molar-refractivity contribution is -0.126. The van der Waals surface area contributed by atoms with Gasteiger partial charge in [-0.1, -0.05) is 36.9 Å². The minimum absolute atomic E-state index is 0.0170. The zero-order chi connectivity index (χ0) is 27.1. The number of fused-ring (bicyclic) bond motifs is 2. The highest BCUT2D eigenvalue weighted by Crippen LogP contribution is 2.38. The normalized spacial score (nSPS) is 21.5. The van der Waals surface area contributed by atoms with Crippen molar-refractivity contribution in [3.05, 3.63) is 65.9 Å². The molecular weight excluding hydrogens is 488 g/mol. The first-order valence-electron chi connectivity index (χ1n) is 14.1. The fourth-order valence-corrected chi connectivity index (χ4v) is 6.42. The second-order valence-electron chi connectivity index (χ2n) is 11.2. The number of amides is 1. The number of benzene rings is 2. The fourth-order valence-electron chi connectivity index (χ4n) is 6.42. The van der Waals surface area contributed by atoms with Gasteiger partial charge in [-0.15, -0.1) is 0 Å². The van der Waals surface area contributed by atoms with Crippen LogP contribution in [0.15, 0.2) is 49.1 Å². The monoisotopic (exact) mass is 526 g/mol. The molecule has 2 fully saturated rings. The molecule has 1 aromatic heterocycles. The Morgan fingerprint density at radius 2 is 1.95 bits per heavy atom. The van der Waals surface area contributed by atoms with Crippen LogP contribution in [0.5, 0.6) is 6.01 Å². The molecule has 6 rings (SSSR count). The summed E-state index contributed by atoms with van der Waals surface area (Å²) in [5, 5.41) is 2.53. The number of carbonyl (C=O) groups excluding carboxylic acids is 1. The maximum atomic E-state index is 12.3. The molecule has 0 saturated carbocycles. The number of carbonyl (C=O) groups is 1. The van der Waals surface area contributed by atoms with Gasteiger partial charge in [0.05, 0.1) is 12.2 Å². The van der Waals surface area contributed by atoms with E-state index in [0.29, 0.717) is 44.8 Å². The number of anilines is 2. The average molecular weight is 527 g/mol. The number of hydrogen-bond acceptors (Lipinski definition) is 7. The van der Waals surface area contributed by atoms with Crippen LogP contribution in [0.1, 0.15) is 36.6 Å². The van der Waals surface area contributed by atoms with Crippen molar-refractivity contribution in [1.82, 2.24) is 19.8 Å². The lowest BCUT2D eigenvalue weighted by atomic mass is 10.0. The van der Waals surface area contributed by atoms with Crippen LogP contribution in [0.25, 0.3) is 10.8 Å². The van der Waals surface area contributed by atoms with E-state index in [1.54, 1.807) is 0 Å². The Labute approximate surface area is 230 Å². The van der Waals surface area contributed by atoms with Crippen molar-refractivity contribution in [3.63, 3.8) is 0 Å². The van der Waals surface area contributed by atoms with E-state index in [1.807, 2.05) is 4.90 Å². The highest BCUT2D eigenvalue weighted by molar-refractivity contribution is 5.97. The number of ether oxygens (including phenoxy) is 1. The summed E-state index contributed by atoms with van der Waals surface area (Å²) in [5.74, 6) is 0.920. The molecule has 0 bridgehead atoms. The van der Waals surface area contributed by atoms with Gasteiger partial charge in [-0.2, -0.15) is 9.97 Å². The molecule has 39 heavy (non-hydrogen) atoms. The summed E-state index contributed by atoms with van der Waals surface area (Å²) >= 11 is 0. The Morgan fingerprint density at radius 3 is 2.69 bits per heavy atom. The number of nitrogens with zero attached hydrogens (tertiary/aromatic N) is 6. The van der Waals surface area contributed by atoms with Gasteiger partial charge in [-0.3, -0.25) is 4.79 Å². The summed E-state index contributed by atoms with van der Waals surface area (Å²) < 4.78 is 6.27. The maximum Gasteiger partial charge on any atom is 0.318 e.